The van der Waals surface area contributed by atoms with Gasteiger partial charge in [-0.3, -0.25) is 9.69 Å². The summed E-state index contributed by atoms with van der Waals surface area (Å²) in [6.45, 7) is 2.59. The SMILES string of the molecule is CN1C(=O)N(C2CCCCC2)C(=O)CC1CN1CCC(Cc2cc(F)ccc2Cl)CC1. The Labute approximate surface area is 189 Å². The standard InChI is InChI=1S/C24H33ClFN3O2/c1-27-21(15-23(30)29(24(27)31)20-5-3-2-4-6-20)16-28-11-9-17(10-12-28)13-18-14-19(26)7-8-22(18)25/h7-8,14,17,20-21H,2-6,9-13,15-16H2,1H3. The average Bonchev–Trinajstić information content (AvgIpc) is 2.76. The highest BCUT2D eigenvalue weighted by Gasteiger charge is 2.41. The molecule has 170 valence electrons. The van der Waals surface area contributed by atoms with Crippen LogP contribution >= 0.6 is 11.6 Å². The second kappa shape index (κ2) is 9.86. The first-order chi connectivity index (χ1) is 14.9. The highest BCUT2D eigenvalue weighted by Crippen LogP contribution is 2.29. The van der Waals surface area contributed by atoms with Crippen molar-refractivity contribution in [2.24, 2.45) is 5.92 Å². The zero-order chi connectivity index (χ0) is 22.0. The third-order valence-corrected chi connectivity index (χ3v) is 7.74. The number of halogens is 2. The summed E-state index contributed by atoms with van der Waals surface area (Å²) in [5.41, 5.74) is 0.881. The van der Waals surface area contributed by atoms with Crippen LogP contribution in [0.4, 0.5) is 9.18 Å². The molecular weight excluding hydrogens is 417 g/mol. The smallest absolute Gasteiger partial charge is 0.323 e. The van der Waals surface area contributed by atoms with Crippen molar-refractivity contribution in [2.45, 2.75) is 69.9 Å². The summed E-state index contributed by atoms with van der Waals surface area (Å²) in [6, 6.07) is 4.47. The Morgan fingerprint density at radius 2 is 1.77 bits per heavy atom. The second-order valence-corrected chi connectivity index (χ2v) is 9.90. The number of likely N-dealkylation sites (N-methyl/N-ethyl adjacent to an activating group) is 1. The number of imide groups is 1. The average molecular weight is 450 g/mol. The van der Waals surface area contributed by atoms with Crippen molar-refractivity contribution in [3.05, 3.63) is 34.6 Å². The van der Waals surface area contributed by atoms with E-state index < -0.39 is 0 Å². The van der Waals surface area contributed by atoms with Crippen LogP contribution in [0.3, 0.4) is 0 Å². The summed E-state index contributed by atoms with van der Waals surface area (Å²) >= 11 is 6.23. The van der Waals surface area contributed by atoms with E-state index >= 15 is 0 Å². The van der Waals surface area contributed by atoms with E-state index in [1.54, 1.807) is 21.9 Å². The molecule has 1 atom stereocenters. The number of carbonyl (C=O) groups is 2. The summed E-state index contributed by atoms with van der Waals surface area (Å²) in [5, 5.41) is 0.632. The molecule has 0 aromatic heterocycles. The molecule has 2 heterocycles. The molecule has 3 amide bonds. The minimum Gasteiger partial charge on any atom is -0.323 e. The number of benzene rings is 1. The number of amides is 3. The van der Waals surface area contributed by atoms with Crippen molar-refractivity contribution in [1.29, 1.82) is 0 Å². The van der Waals surface area contributed by atoms with E-state index in [0.717, 1.165) is 70.1 Å². The molecule has 31 heavy (non-hydrogen) atoms. The normalized spacial score (nSPS) is 24.8. The van der Waals surface area contributed by atoms with Gasteiger partial charge in [0.15, 0.2) is 0 Å². The maximum Gasteiger partial charge on any atom is 0.327 e. The van der Waals surface area contributed by atoms with E-state index in [0.29, 0.717) is 17.4 Å². The lowest BCUT2D eigenvalue weighted by Gasteiger charge is -2.44. The van der Waals surface area contributed by atoms with E-state index in [2.05, 4.69) is 4.90 Å². The molecule has 1 aromatic carbocycles. The largest absolute Gasteiger partial charge is 0.327 e. The number of hydrogen-bond acceptors (Lipinski definition) is 3. The van der Waals surface area contributed by atoms with Crippen molar-refractivity contribution in [3.8, 4) is 0 Å². The van der Waals surface area contributed by atoms with E-state index in [-0.39, 0.29) is 29.8 Å². The van der Waals surface area contributed by atoms with Crippen molar-refractivity contribution in [1.82, 2.24) is 14.7 Å². The molecule has 3 aliphatic rings. The van der Waals surface area contributed by atoms with Crippen molar-refractivity contribution in [3.63, 3.8) is 0 Å². The van der Waals surface area contributed by atoms with Gasteiger partial charge in [-0.1, -0.05) is 30.9 Å². The predicted octanol–water partition coefficient (Wildman–Crippen LogP) is 4.72. The van der Waals surface area contributed by atoms with Crippen molar-refractivity contribution < 1.29 is 14.0 Å². The van der Waals surface area contributed by atoms with Gasteiger partial charge >= 0.3 is 6.03 Å². The maximum absolute atomic E-state index is 13.5. The van der Waals surface area contributed by atoms with Crippen LogP contribution in [0.25, 0.3) is 0 Å². The molecule has 0 spiro atoms. The zero-order valence-electron chi connectivity index (χ0n) is 18.4. The number of piperidine rings is 1. The number of likely N-dealkylation sites (tertiary alicyclic amines) is 1. The van der Waals surface area contributed by atoms with Gasteiger partial charge in [-0.05, 0) is 74.9 Å². The Balaban J connectivity index is 1.29. The van der Waals surface area contributed by atoms with E-state index in [1.807, 2.05) is 7.05 Å². The summed E-state index contributed by atoms with van der Waals surface area (Å²) in [5.74, 6) is 0.231. The quantitative estimate of drug-likeness (QED) is 0.653. The lowest BCUT2D eigenvalue weighted by molar-refractivity contribution is -0.135. The molecule has 1 saturated carbocycles. The molecule has 0 N–H and O–H groups in total. The molecule has 0 bridgehead atoms. The molecule has 5 nitrogen and oxygen atoms in total. The van der Waals surface area contributed by atoms with Crippen LogP contribution in [-0.4, -0.2) is 65.4 Å². The van der Waals surface area contributed by atoms with Crippen LogP contribution < -0.4 is 0 Å². The number of urea groups is 1. The summed E-state index contributed by atoms with van der Waals surface area (Å²) in [6.07, 6.45) is 8.52. The van der Waals surface area contributed by atoms with Crippen molar-refractivity contribution >= 4 is 23.5 Å². The fourth-order valence-electron chi connectivity index (χ4n) is 5.44. The van der Waals surface area contributed by atoms with Gasteiger partial charge in [0.1, 0.15) is 5.82 Å². The molecule has 1 aliphatic carbocycles. The van der Waals surface area contributed by atoms with Crippen LogP contribution in [0.1, 0.15) is 56.9 Å². The number of carbonyl (C=O) groups excluding carboxylic acids is 2. The Bertz CT molecular complexity index is 806. The zero-order valence-corrected chi connectivity index (χ0v) is 19.1. The maximum atomic E-state index is 13.5. The Kier molecular flexibility index (Phi) is 7.17. The monoisotopic (exact) mass is 449 g/mol. The fraction of sp³-hybridized carbons (Fsp3) is 0.667. The van der Waals surface area contributed by atoms with E-state index in [1.165, 1.54) is 12.5 Å². The molecule has 0 radical (unpaired) electrons. The van der Waals surface area contributed by atoms with Gasteiger partial charge in [-0.25, -0.2) is 9.18 Å². The van der Waals surface area contributed by atoms with Crippen LogP contribution in [0.5, 0.6) is 0 Å². The first kappa shape index (κ1) is 22.5. The fourth-order valence-corrected chi connectivity index (χ4v) is 5.63. The summed E-state index contributed by atoms with van der Waals surface area (Å²) < 4.78 is 13.5. The highest BCUT2D eigenvalue weighted by molar-refractivity contribution is 6.31. The first-order valence-corrected chi connectivity index (χ1v) is 12.1. The first-order valence-electron chi connectivity index (χ1n) is 11.7. The minimum absolute atomic E-state index is 0.00404. The van der Waals surface area contributed by atoms with Crippen LogP contribution in [0.2, 0.25) is 5.02 Å². The molecular formula is C24H33ClFN3O2. The number of rotatable bonds is 5. The minimum atomic E-state index is -0.242. The number of hydrogen-bond donors (Lipinski definition) is 0. The molecule has 1 aromatic rings. The lowest BCUT2D eigenvalue weighted by atomic mass is 9.89. The molecule has 1 unspecified atom stereocenters. The van der Waals surface area contributed by atoms with Gasteiger partial charge in [0.05, 0.1) is 6.04 Å². The van der Waals surface area contributed by atoms with E-state index in [4.69, 9.17) is 11.6 Å². The van der Waals surface area contributed by atoms with Gasteiger partial charge in [0.2, 0.25) is 5.91 Å². The molecule has 4 rings (SSSR count). The molecule has 7 heteroatoms. The topological polar surface area (TPSA) is 43.9 Å². The predicted molar refractivity (Wildman–Crippen MR) is 120 cm³/mol. The van der Waals surface area contributed by atoms with Gasteiger partial charge in [-0.15, -0.1) is 0 Å². The third-order valence-electron chi connectivity index (χ3n) is 7.37. The van der Waals surface area contributed by atoms with Gasteiger partial charge in [-0.2, -0.15) is 0 Å². The Morgan fingerprint density at radius 3 is 2.48 bits per heavy atom. The molecule has 2 saturated heterocycles. The summed E-state index contributed by atoms with van der Waals surface area (Å²) in [4.78, 5) is 31.5. The summed E-state index contributed by atoms with van der Waals surface area (Å²) in [7, 11) is 1.84. The van der Waals surface area contributed by atoms with Crippen LogP contribution in [0, 0.1) is 11.7 Å². The van der Waals surface area contributed by atoms with Gasteiger partial charge in [0.25, 0.3) is 0 Å². The lowest BCUT2D eigenvalue weighted by Crippen LogP contribution is -2.61. The molecule has 2 aliphatic heterocycles. The second-order valence-electron chi connectivity index (χ2n) is 9.49. The highest BCUT2D eigenvalue weighted by atomic mass is 35.5. The Morgan fingerprint density at radius 1 is 1.06 bits per heavy atom. The van der Waals surface area contributed by atoms with Gasteiger partial charge in [0, 0.05) is 31.1 Å². The third kappa shape index (κ3) is 5.23. The van der Waals surface area contributed by atoms with Gasteiger partial charge < -0.3 is 9.80 Å². The van der Waals surface area contributed by atoms with Crippen molar-refractivity contribution in [2.75, 3.05) is 26.7 Å². The Hall–Kier alpha value is -1.66. The van der Waals surface area contributed by atoms with E-state index in [9.17, 15) is 14.0 Å². The van der Waals surface area contributed by atoms with Crippen LogP contribution in [0.15, 0.2) is 18.2 Å². The van der Waals surface area contributed by atoms with Crippen LogP contribution in [-0.2, 0) is 11.2 Å². The molecule has 3 fully saturated rings. The number of nitrogens with zero attached hydrogens (tertiary/aromatic N) is 3.